The molecule has 0 heterocycles. The van der Waals surface area contributed by atoms with Crippen molar-refractivity contribution in [3.05, 3.63) is 0 Å². The van der Waals surface area contributed by atoms with Crippen LogP contribution in [0.5, 0.6) is 0 Å². The van der Waals surface area contributed by atoms with Gasteiger partial charge in [0, 0.05) is 13.2 Å². The van der Waals surface area contributed by atoms with Crippen molar-refractivity contribution in [3.63, 3.8) is 0 Å². The van der Waals surface area contributed by atoms with Gasteiger partial charge in [-0.15, -0.1) is 0 Å². The molecule has 1 saturated carbocycles. The molecular formula is C19H38O3. The average Bonchev–Trinajstić information content (AvgIpc) is 2.44. The van der Waals surface area contributed by atoms with Crippen LogP contribution in [0, 0.1) is 17.8 Å². The van der Waals surface area contributed by atoms with Crippen LogP contribution in [-0.4, -0.2) is 38.6 Å². The number of hydrogen-bond acceptors (Lipinski definition) is 3. The molecule has 0 bridgehead atoms. The van der Waals surface area contributed by atoms with Crippen molar-refractivity contribution in [2.75, 3.05) is 26.4 Å². The van der Waals surface area contributed by atoms with Gasteiger partial charge in [-0.25, -0.2) is 0 Å². The molecule has 1 fully saturated rings. The van der Waals surface area contributed by atoms with E-state index in [1.165, 1.54) is 19.3 Å². The van der Waals surface area contributed by atoms with Gasteiger partial charge in [-0.05, 0) is 50.9 Å². The smallest absolute Gasteiger partial charge is 0.0704 e. The van der Waals surface area contributed by atoms with Gasteiger partial charge in [0.25, 0.3) is 0 Å². The van der Waals surface area contributed by atoms with Crippen molar-refractivity contribution in [1.82, 2.24) is 0 Å². The first kappa shape index (κ1) is 19.9. The number of ether oxygens (including phenoxy) is 3. The van der Waals surface area contributed by atoms with Gasteiger partial charge in [-0.1, -0.05) is 33.6 Å². The van der Waals surface area contributed by atoms with Gasteiger partial charge in [0.1, 0.15) is 0 Å². The predicted octanol–water partition coefficient (Wildman–Crippen LogP) is 4.69. The molecule has 0 spiro atoms. The maximum absolute atomic E-state index is 6.14. The maximum atomic E-state index is 6.14. The first-order chi connectivity index (χ1) is 10.5. The highest BCUT2D eigenvalue weighted by Crippen LogP contribution is 2.36. The van der Waals surface area contributed by atoms with E-state index in [0.717, 1.165) is 45.2 Å². The van der Waals surface area contributed by atoms with Gasteiger partial charge in [-0.3, -0.25) is 0 Å². The second-order valence-electron chi connectivity index (χ2n) is 7.38. The molecule has 0 amide bonds. The Hall–Kier alpha value is -0.120. The van der Waals surface area contributed by atoms with Crippen LogP contribution >= 0.6 is 0 Å². The highest BCUT2D eigenvalue weighted by Gasteiger charge is 2.33. The molecule has 0 aromatic carbocycles. The Labute approximate surface area is 138 Å². The third-order valence-corrected chi connectivity index (χ3v) is 4.70. The molecule has 0 saturated heterocycles. The summed E-state index contributed by atoms with van der Waals surface area (Å²) in [6.07, 6.45) is 6.81. The number of unbranched alkanes of at least 4 members (excludes halogenated alkanes) is 1. The fourth-order valence-electron chi connectivity index (χ4n) is 3.66. The van der Waals surface area contributed by atoms with Crippen LogP contribution in [0.25, 0.3) is 0 Å². The van der Waals surface area contributed by atoms with Crippen LogP contribution in [0.3, 0.4) is 0 Å². The molecule has 132 valence electrons. The molecule has 3 nitrogen and oxygen atoms in total. The van der Waals surface area contributed by atoms with E-state index in [2.05, 4.69) is 34.6 Å². The third kappa shape index (κ3) is 7.94. The summed E-state index contributed by atoms with van der Waals surface area (Å²) in [5, 5.41) is 0. The van der Waals surface area contributed by atoms with E-state index in [4.69, 9.17) is 14.2 Å². The zero-order valence-electron chi connectivity index (χ0n) is 15.5. The van der Waals surface area contributed by atoms with E-state index >= 15 is 0 Å². The largest absolute Gasteiger partial charge is 0.379 e. The van der Waals surface area contributed by atoms with Gasteiger partial charge < -0.3 is 14.2 Å². The lowest BCUT2D eigenvalue weighted by Gasteiger charge is -2.39. The summed E-state index contributed by atoms with van der Waals surface area (Å²) in [6, 6.07) is 0. The first-order valence-electron chi connectivity index (χ1n) is 9.33. The Morgan fingerprint density at radius 3 is 2.32 bits per heavy atom. The van der Waals surface area contributed by atoms with Crippen LogP contribution in [0.2, 0.25) is 0 Å². The summed E-state index contributed by atoms with van der Waals surface area (Å²) in [7, 11) is 0. The standard InChI is InChI=1S/C19H38O3/c1-15(2)19-17(5)9-8-10-18(19)22-14-13-20-11-6-7-12-21-16(3)4/h15-19H,6-14H2,1-5H3. The Bertz CT molecular complexity index is 265. The maximum Gasteiger partial charge on any atom is 0.0704 e. The molecule has 3 atom stereocenters. The summed E-state index contributed by atoms with van der Waals surface area (Å²) >= 11 is 0. The summed E-state index contributed by atoms with van der Waals surface area (Å²) < 4.78 is 17.3. The minimum atomic E-state index is 0.334. The van der Waals surface area contributed by atoms with Crippen molar-refractivity contribution >= 4 is 0 Å². The van der Waals surface area contributed by atoms with Crippen molar-refractivity contribution in [3.8, 4) is 0 Å². The van der Waals surface area contributed by atoms with E-state index in [9.17, 15) is 0 Å². The highest BCUT2D eigenvalue weighted by atomic mass is 16.5. The lowest BCUT2D eigenvalue weighted by atomic mass is 9.72. The molecule has 0 N–H and O–H groups in total. The Balaban J connectivity index is 2.03. The second kappa shape index (κ2) is 11.4. The quantitative estimate of drug-likeness (QED) is 0.518. The molecule has 1 aliphatic rings. The van der Waals surface area contributed by atoms with Crippen molar-refractivity contribution in [1.29, 1.82) is 0 Å². The zero-order chi connectivity index (χ0) is 16.4. The minimum absolute atomic E-state index is 0.334. The fourth-order valence-corrected chi connectivity index (χ4v) is 3.66. The summed E-state index contributed by atoms with van der Waals surface area (Å²) in [6.45, 7) is 14.3. The molecule has 0 radical (unpaired) electrons. The summed E-state index contributed by atoms with van der Waals surface area (Å²) in [5.41, 5.74) is 0. The van der Waals surface area contributed by atoms with Crippen LogP contribution in [0.4, 0.5) is 0 Å². The minimum Gasteiger partial charge on any atom is -0.379 e. The van der Waals surface area contributed by atoms with Gasteiger partial charge in [0.05, 0.1) is 25.4 Å². The van der Waals surface area contributed by atoms with Crippen LogP contribution in [0.15, 0.2) is 0 Å². The normalized spacial score (nSPS) is 26.0. The topological polar surface area (TPSA) is 27.7 Å². The number of rotatable bonds is 11. The van der Waals surface area contributed by atoms with Crippen molar-refractivity contribution < 1.29 is 14.2 Å². The summed E-state index contributed by atoms with van der Waals surface area (Å²) in [5.74, 6) is 2.21. The predicted molar refractivity (Wildman–Crippen MR) is 92.2 cm³/mol. The van der Waals surface area contributed by atoms with Crippen LogP contribution in [-0.2, 0) is 14.2 Å². The zero-order valence-corrected chi connectivity index (χ0v) is 15.5. The fraction of sp³-hybridized carbons (Fsp3) is 1.00. The Morgan fingerprint density at radius 2 is 1.64 bits per heavy atom. The molecule has 1 aliphatic carbocycles. The Kier molecular flexibility index (Phi) is 10.3. The molecule has 0 aromatic heterocycles. The molecule has 0 aromatic rings. The first-order valence-corrected chi connectivity index (χ1v) is 9.33. The van der Waals surface area contributed by atoms with Gasteiger partial charge in [0.15, 0.2) is 0 Å². The molecule has 0 aliphatic heterocycles. The lowest BCUT2D eigenvalue weighted by molar-refractivity contribution is -0.0649. The van der Waals surface area contributed by atoms with E-state index in [1.54, 1.807) is 0 Å². The van der Waals surface area contributed by atoms with Crippen molar-refractivity contribution in [2.24, 2.45) is 17.8 Å². The van der Waals surface area contributed by atoms with Crippen molar-refractivity contribution in [2.45, 2.75) is 78.9 Å². The van der Waals surface area contributed by atoms with E-state index in [-0.39, 0.29) is 0 Å². The van der Waals surface area contributed by atoms with E-state index < -0.39 is 0 Å². The second-order valence-corrected chi connectivity index (χ2v) is 7.38. The monoisotopic (exact) mass is 314 g/mol. The molecule has 1 rings (SSSR count). The molecule has 3 unspecified atom stereocenters. The van der Waals surface area contributed by atoms with Gasteiger partial charge in [-0.2, -0.15) is 0 Å². The molecule has 22 heavy (non-hydrogen) atoms. The number of hydrogen-bond donors (Lipinski definition) is 0. The molecule has 3 heteroatoms. The molecular weight excluding hydrogens is 276 g/mol. The lowest BCUT2D eigenvalue weighted by Crippen LogP contribution is -2.37. The summed E-state index contributed by atoms with van der Waals surface area (Å²) in [4.78, 5) is 0. The van der Waals surface area contributed by atoms with Crippen LogP contribution in [0.1, 0.15) is 66.7 Å². The highest BCUT2D eigenvalue weighted by molar-refractivity contribution is 4.82. The van der Waals surface area contributed by atoms with Gasteiger partial charge in [0.2, 0.25) is 0 Å². The van der Waals surface area contributed by atoms with Gasteiger partial charge >= 0.3 is 0 Å². The van der Waals surface area contributed by atoms with E-state index in [1.807, 2.05) is 0 Å². The van der Waals surface area contributed by atoms with Crippen LogP contribution < -0.4 is 0 Å². The SMILES string of the molecule is CC(C)OCCCCOCCOC1CCCC(C)C1C(C)C. The average molecular weight is 315 g/mol. The van der Waals surface area contributed by atoms with E-state index in [0.29, 0.717) is 24.0 Å². The Morgan fingerprint density at radius 1 is 0.909 bits per heavy atom. The third-order valence-electron chi connectivity index (χ3n) is 4.70.